The summed E-state index contributed by atoms with van der Waals surface area (Å²) in [6.07, 6.45) is 0. The van der Waals surface area contributed by atoms with Crippen LogP contribution in [0.2, 0.25) is 0 Å². The van der Waals surface area contributed by atoms with Gasteiger partial charge >= 0.3 is 0 Å². The lowest BCUT2D eigenvalue weighted by Crippen LogP contribution is -1.99. The third-order valence-corrected chi connectivity index (χ3v) is 5.16. The minimum absolute atomic E-state index is 0.0134. The molecule has 0 fully saturated rings. The van der Waals surface area contributed by atoms with Gasteiger partial charge in [0.2, 0.25) is 0 Å². The first-order chi connectivity index (χ1) is 12.9. The molecule has 0 saturated carbocycles. The SMILES string of the molecule is O=S(=O)([O-])c1ccc(N=Nc2c(O)ccc3ccccc23)c2ccccc12. The van der Waals surface area contributed by atoms with Gasteiger partial charge in [0, 0.05) is 16.2 Å². The van der Waals surface area contributed by atoms with Gasteiger partial charge in [-0.3, -0.25) is 0 Å². The van der Waals surface area contributed by atoms with E-state index in [1.54, 1.807) is 36.4 Å². The average molecular weight is 377 g/mol. The van der Waals surface area contributed by atoms with Crippen molar-refractivity contribution in [2.45, 2.75) is 4.90 Å². The van der Waals surface area contributed by atoms with Crippen molar-refractivity contribution in [2.24, 2.45) is 10.2 Å². The van der Waals surface area contributed by atoms with Gasteiger partial charge in [0.15, 0.2) is 0 Å². The Morgan fingerprint density at radius 2 is 1.41 bits per heavy atom. The Kier molecular flexibility index (Phi) is 4.10. The van der Waals surface area contributed by atoms with Crippen LogP contribution in [0.1, 0.15) is 0 Å². The predicted molar refractivity (Wildman–Crippen MR) is 102 cm³/mol. The van der Waals surface area contributed by atoms with Gasteiger partial charge in [0.05, 0.1) is 10.6 Å². The van der Waals surface area contributed by atoms with Gasteiger partial charge in [-0.1, -0.05) is 54.6 Å². The summed E-state index contributed by atoms with van der Waals surface area (Å²) in [4.78, 5) is -0.301. The van der Waals surface area contributed by atoms with E-state index >= 15 is 0 Å². The fourth-order valence-corrected chi connectivity index (χ4v) is 3.70. The van der Waals surface area contributed by atoms with E-state index in [4.69, 9.17) is 0 Å². The van der Waals surface area contributed by atoms with E-state index in [1.165, 1.54) is 12.1 Å². The monoisotopic (exact) mass is 377 g/mol. The molecule has 0 heterocycles. The number of nitrogens with zero attached hydrogens (tertiary/aromatic N) is 2. The predicted octanol–water partition coefficient (Wildman–Crippen LogP) is 5.02. The van der Waals surface area contributed by atoms with Crippen LogP contribution in [0.5, 0.6) is 5.75 Å². The summed E-state index contributed by atoms with van der Waals surface area (Å²) >= 11 is 0. The second-order valence-electron chi connectivity index (χ2n) is 5.94. The van der Waals surface area contributed by atoms with Gasteiger partial charge in [-0.05, 0) is 23.6 Å². The molecule has 134 valence electrons. The number of azo groups is 1. The highest BCUT2D eigenvalue weighted by Gasteiger charge is 2.11. The molecule has 0 unspecified atom stereocenters. The van der Waals surface area contributed by atoms with E-state index in [9.17, 15) is 18.1 Å². The summed E-state index contributed by atoms with van der Waals surface area (Å²) in [6.45, 7) is 0. The lowest BCUT2D eigenvalue weighted by Gasteiger charge is -2.11. The Morgan fingerprint density at radius 3 is 2.15 bits per heavy atom. The first-order valence-corrected chi connectivity index (χ1v) is 9.46. The minimum Gasteiger partial charge on any atom is -0.744 e. The molecular formula is C20H13N2O4S-. The number of aromatic hydroxyl groups is 1. The van der Waals surface area contributed by atoms with Crippen LogP contribution in [0.15, 0.2) is 87.9 Å². The van der Waals surface area contributed by atoms with Crippen molar-refractivity contribution in [1.29, 1.82) is 0 Å². The van der Waals surface area contributed by atoms with Crippen LogP contribution in [0.25, 0.3) is 21.5 Å². The normalized spacial score (nSPS) is 12.2. The third kappa shape index (κ3) is 3.14. The van der Waals surface area contributed by atoms with Crippen LogP contribution >= 0.6 is 0 Å². The molecule has 4 rings (SSSR count). The molecule has 27 heavy (non-hydrogen) atoms. The number of rotatable bonds is 3. The Bertz CT molecular complexity index is 1310. The molecule has 0 saturated heterocycles. The number of hydrogen-bond donors (Lipinski definition) is 1. The fourth-order valence-electron chi connectivity index (χ4n) is 3.01. The van der Waals surface area contributed by atoms with Gasteiger partial charge in [-0.25, -0.2) is 8.42 Å². The first-order valence-electron chi connectivity index (χ1n) is 8.05. The van der Waals surface area contributed by atoms with Gasteiger partial charge in [0.1, 0.15) is 21.6 Å². The third-order valence-electron chi connectivity index (χ3n) is 4.27. The van der Waals surface area contributed by atoms with Gasteiger partial charge in [-0.2, -0.15) is 0 Å². The summed E-state index contributed by atoms with van der Waals surface area (Å²) in [7, 11) is -4.61. The zero-order chi connectivity index (χ0) is 19.0. The molecule has 0 aliphatic rings. The molecule has 6 nitrogen and oxygen atoms in total. The zero-order valence-corrected chi connectivity index (χ0v) is 14.7. The molecule has 4 aromatic rings. The van der Waals surface area contributed by atoms with E-state index in [0.717, 1.165) is 10.8 Å². The molecule has 4 aromatic carbocycles. The number of hydrogen-bond acceptors (Lipinski definition) is 6. The smallest absolute Gasteiger partial charge is 0.143 e. The van der Waals surface area contributed by atoms with Gasteiger partial charge in [0.25, 0.3) is 0 Å². The molecule has 0 spiro atoms. The highest BCUT2D eigenvalue weighted by Crippen LogP contribution is 2.37. The molecule has 1 N–H and O–H groups in total. The van der Waals surface area contributed by atoms with E-state index in [2.05, 4.69) is 10.2 Å². The van der Waals surface area contributed by atoms with Crippen LogP contribution in [-0.2, 0) is 10.1 Å². The second kappa shape index (κ2) is 6.46. The zero-order valence-electron chi connectivity index (χ0n) is 13.9. The summed E-state index contributed by atoms with van der Waals surface area (Å²) in [6, 6.07) is 20.0. The standard InChI is InChI=1S/C20H14N2O4S/c23-18-11-9-13-5-1-2-6-14(13)20(18)22-21-17-10-12-19(27(24,25)26)16-8-4-3-7-15(16)17/h1-12,23H,(H,24,25,26)/p-1. The minimum atomic E-state index is -4.61. The quantitative estimate of drug-likeness (QED) is 0.400. The topological polar surface area (TPSA) is 102 Å². The summed E-state index contributed by atoms with van der Waals surface area (Å²) in [5.74, 6) is -0.0134. The van der Waals surface area contributed by atoms with Gasteiger partial charge < -0.3 is 9.66 Å². The molecule has 0 atom stereocenters. The first kappa shape index (κ1) is 17.1. The average Bonchev–Trinajstić information content (AvgIpc) is 2.66. The Hall–Kier alpha value is -3.29. The van der Waals surface area contributed by atoms with Crippen LogP contribution in [-0.4, -0.2) is 18.1 Å². The highest BCUT2D eigenvalue weighted by molar-refractivity contribution is 7.86. The largest absolute Gasteiger partial charge is 0.744 e. The molecule has 7 heteroatoms. The summed E-state index contributed by atoms with van der Waals surface area (Å²) < 4.78 is 34.5. The summed E-state index contributed by atoms with van der Waals surface area (Å²) in [5, 5.41) is 21.0. The lowest BCUT2D eigenvalue weighted by atomic mass is 10.1. The van der Waals surface area contributed by atoms with Crippen LogP contribution in [0.3, 0.4) is 0 Å². The maximum Gasteiger partial charge on any atom is 0.143 e. The van der Waals surface area contributed by atoms with Crippen molar-refractivity contribution >= 4 is 43.0 Å². The lowest BCUT2D eigenvalue weighted by molar-refractivity contribution is 0.464. The molecule has 0 aromatic heterocycles. The van der Waals surface area contributed by atoms with Crippen LogP contribution < -0.4 is 0 Å². The van der Waals surface area contributed by atoms with E-state index in [-0.39, 0.29) is 16.0 Å². The van der Waals surface area contributed by atoms with Crippen molar-refractivity contribution in [3.63, 3.8) is 0 Å². The molecule has 0 radical (unpaired) electrons. The second-order valence-corrected chi connectivity index (χ2v) is 7.29. The van der Waals surface area contributed by atoms with E-state index in [1.807, 2.05) is 24.3 Å². The maximum absolute atomic E-state index is 11.5. The van der Waals surface area contributed by atoms with E-state index < -0.39 is 10.1 Å². The van der Waals surface area contributed by atoms with Crippen molar-refractivity contribution in [2.75, 3.05) is 0 Å². The van der Waals surface area contributed by atoms with Crippen molar-refractivity contribution in [1.82, 2.24) is 0 Å². The van der Waals surface area contributed by atoms with Crippen LogP contribution in [0, 0.1) is 0 Å². The maximum atomic E-state index is 11.5. The number of benzene rings is 4. The summed E-state index contributed by atoms with van der Waals surface area (Å²) in [5.41, 5.74) is 0.711. The van der Waals surface area contributed by atoms with Crippen molar-refractivity contribution < 1.29 is 18.1 Å². The van der Waals surface area contributed by atoms with Crippen molar-refractivity contribution in [3.8, 4) is 5.75 Å². The van der Waals surface area contributed by atoms with Crippen molar-refractivity contribution in [3.05, 3.63) is 72.8 Å². The Balaban J connectivity index is 1.90. The van der Waals surface area contributed by atoms with Crippen LogP contribution in [0.4, 0.5) is 11.4 Å². The molecule has 0 bridgehead atoms. The molecular weight excluding hydrogens is 364 g/mol. The number of fused-ring (bicyclic) bond motifs is 2. The molecule has 0 amide bonds. The Morgan fingerprint density at radius 1 is 0.741 bits per heavy atom. The molecule has 0 aliphatic heterocycles. The van der Waals surface area contributed by atoms with Gasteiger partial charge in [-0.15, -0.1) is 10.2 Å². The number of phenols is 1. The highest BCUT2D eigenvalue weighted by atomic mass is 32.2. The van der Waals surface area contributed by atoms with E-state index in [0.29, 0.717) is 16.8 Å². The number of phenolic OH excluding ortho intramolecular Hbond substituents is 1. The molecule has 0 aliphatic carbocycles. The Labute approximate surface area is 155 Å². The fraction of sp³-hybridized carbons (Fsp3) is 0.